The Morgan fingerprint density at radius 3 is 2.58 bits per heavy atom. The highest BCUT2D eigenvalue weighted by Gasteiger charge is 2.17. The van der Waals surface area contributed by atoms with Gasteiger partial charge >= 0.3 is 0 Å². The molecule has 1 unspecified atom stereocenters. The fourth-order valence-corrected chi connectivity index (χ4v) is 3.73. The van der Waals surface area contributed by atoms with Crippen LogP contribution in [0.2, 0.25) is 0 Å². The summed E-state index contributed by atoms with van der Waals surface area (Å²) in [6.45, 7) is 5.42. The minimum absolute atomic E-state index is 0.288. The van der Waals surface area contributed by atoms with Crippen molar-refractivity contribution in [2.75, 3.05) is 0 Å². The van der Waals surface area contributed by atoms with Crippen molar-refractivity contribution in [1.29, 1.82) is 5.26 Å². The molecule has 0 aliphatic heterocycles. The van der Waals surface area contributed by atoms with Crippen LogP contribution in [0, 0.1) is 25.2 Å². The van der Waals surface area contributed by atoms with Crippen LogP contribution in [0.5, 0.6) is 0 Å². The lowest BCUT2D eigenvalue weighted by atomic mass is 10.1. The summed E-state index contributed by atoms with van der Waals surface area (Å²) in [5.74, 6) is 1.09. The van der Waals surface area contributed by atoms with Gasteiger partial charge in [0.05, 0.1) is 28.5 Å². The van der Waals surface area contributed by atoms with Crippen LogP contribution in [0.25, 0.3) is 33.9 Å². The molecule has 0 saturated heterocycles. The summed E-state index contributed by atoms with van der Waals surface area (Å²) < 4.78 is 3.46. The number of hydrogen-bond donors (Lipinski definition) is 1. The van der Waals surface area contributed by atoms with Gasteiger partial charge in [-0.15, -0.1) is 0 Å². The van der Waals surface area contributed by atoms with Crippen LogP contribution in [0.1, 0.15) is 35.7 Å². The molecule has 9 nitrogen and oxygen atoms in total. The van der Waals surface area contributed by atoms with Crippen LogP contribution in [-0.2, 0) is 0 Å². The summed E-state index contributed by atoms with van der Waals surface area (Å²) in [6, 6.07) is 17.1. The number of fused-ring (bicyclic) bond motifs is 1. The molecule has 0 aliphatic rings. The minimum Gasteiger partial charge on any atom is -0.389 e. The van der Waals surface area contributed by atoms with Crippen molar-refractivity contribution in [2.45, 2.75) is 26.9 Å². The Labute approximate surface area is 189 Å². The fraction of sp³-hybridized carbons (Fsp3) is 0.167. The molecule has 162 valence electrons. The molecule has 5 rings (SSSR count). The molecule has 0 fully saturated rings. The van der Waals surface area contributed by atoms with Crippen molar-refractivity contribution < 1.29 is 5.11 Å². The van der Waals surface area contributed by atoms with E-state index in [-0.39, 0.29) is 5.69 Å². The first-order valence-corrected chi connectivity index (χ1v) is 10.4. The number of aromatic nitrogens is 7. The molecule has 0 radical (unpaired) electrons. The number of aliphatic hydroxyl groups is 1. The van der Waals surface area contributed by atoms with Gasteiger partial charge in [-0.2, -0.15) is 20.6 Å². The SMILES string of the molecule is Cc1ccc(-c2ccc3c(c2)ncn3-c2ccc(C(C)O)c(-n3nc(C#N)cc3C)n2)nn1. The normalized spacial score (nSPS) is 12.1. The van der Waals surface area contributed by atoms with Crippen LogP contribution in [0.3, 0.4) is 0 Å². The Morgan fingerprint density at radius 1 is 1.03 bits per heavy atom. The molecule has 4 heterocycles. The number of nitrogens with zero attached hydrogens (tertiary/aromatic N) is 8. The van der Waals surface area contributed by atoms with E-state index in [1.165, 1.54) is 0 Å². The molecule has 0 saturated carbocycles. The van der Waals surface area contributed by atoms with Crippen molar-refractivity contribution in [3.63, 3.8) is 0 Å². The molecule has 0 bridgehead atoms. The predicted octanol–water partition coefficient (Wildman–Crippen LogP) is 3.61. The Kier molecular flexibility index (Phi) is 4.92. The van der Waals surface area contributed by atoms with E-state index in [4.69, 9.17) is 4.98 Å². The summed E-state index contributed by atoms with van der Waals surface area (Å²) in [7, 11) is 0. The van der Waals surface area contributed by atoms with Gasteiger partial charge in [-0.3, -0.25) is 4.57 Å². The van der Waals surface area contributed by atoms with E-state index < -0.39 is 6.10 Å². The first-order valence-electron chi connectivity index (χ1n) is 10.4. The minimum atomic E-state index is -0.756. The summed E-state index contributed by atoms with van der Waals surface area (Å²) >= 11 is 0. The first-order chi connectivity index (χ1) is 15.9. The Morgan fingerprint density at radius 2 is 1.88 bits per heavy atom. The van der Waals surface area contributed by atoms with Crippen LogP contribution >= 0.6 is 0 Å². The zero-order valence-electron chi connectivity index (χ0n) is 18.3. The molecule has 0 aliphatic carbocycles. The summed E-state index contributed by atoms with van der Waals surface area (Å²) in [5.41, 5.74) is 5.88. The lowest BCUT2D eigenvalue weighted by Crippen LogP contribution is -2.10. The number of imidazole rings is 1. The van der Waals surface area contributed by atoms with Gasteiger partial charge in [-0.05, 0) is 63.2 Å². The van der Waals surface area contributed by atoms with E-state index in [2.05, 4.69) is 20.3 Å². The van der Waals surface area contributed by atoms with Gasteiger partial charge in [0.2, 0.25) is 0 Å². The smallest absolute Gasteiger partial charge is 0.163 e. The molecular weight excluding hydrogens is 416 g/mol. The van der Waals surface area contributed by atoms with Gasteiger partial charge in [-0.25, -0.2) is 14.6 Å². The van der Waals surface area contributed by atoms with Crippen molar-refractivity contribution >= 4 is 11.0 Å². The average molecular weight is 436 g/mol. The third kappa shape index (κ3) is 3.62. The zero-order valence-corrected chi connectivity index (χ0v) is 18.3. The largest absolute Gasteiger partial charge is 0.389 e. The molecule has 1 atom stereocenters. The maximum absolute atomic E-state index is 10.3. The van der Waals surface area contributed by atoms with E-state index in [1.807, 2.05) is 66.9 Å². The molecule has 9 heteroatoms. The van der Waals surface area contributed by atoms with Crippen molar-refractivity contribution in [1.82, 2.24) is 34.5 Å². The van der Waals surface area contributed by atoms with E-state index in [1.54, 1.807) is 24.0 Å². The number of pyridine rings is 1. The van der Waals surface area contributed by atoms with Gasteiger partial charge in [0.25, 0.3) is 0 Å². The second-order valence-electron chi connectivity index (χ2n) is 7.83. The van der Waals surface area contributed by atoms with Crippen LogP contribution < -0.4 is 0 Å². The molecule has 0 amide bonds. The van der Waals surface area contributed by atoms with Crippen molar-refractivity contribution in [2.24, 2.45) is 0 Å². The number of aliphatic hydroxyl groups excluding tert-OH is 1. The topological polar surface area (TPSA) is 118 Å². The van der Waals surface area contributed by atoms with E-state index in [0.29, 0.717) is 17.2 Å². The maximum atomic E-state index is 10.3. The predicted molar refractivity (Wildman–Crippen MR) is 122 cm³/mol. The number of hydrogen-bond acceptors (Lipinski definition) is 7. The highest BCUT2D eigenvalue weighted by Crippen LogP contribution is 2.27. The summed E-state index contributed by atoms with van der Waals surface area (Å²) in [4.78, 5) is 9.34. The Bertz CT molecular complexity index is 1520. The van der Waals surface area contributed by atoms with Crippen LogP contribution in [0.15, 0.2) is 54.9 Å². The third-order valence-corrected chi connectivity index (χ3v) is 5.43. The van der Waals surface area contributed by atoms with E-state index in [9.17, 15) is 10.4 Å². The third-order valence-electron chi connectivity index (χ3n) is 5.43. The summed E-state index contributed by atoms with van der Waals surface area (Å²) in [5, 5.41) is 32.2. The number of aryl methyl sites for hydroxylation is 2. The Balaban J connectivity index is 1.62. The van der Waals surface area contributed by atoms with Gasteiger partial charge in [0, 0.05) is 16.8 Å². The van der Waals surface area contributed by atoms with Gasteiger partial charge in [-0.1, -0.05) is 6.07 Å². The number of nitriles is 1. The standard InChI is InChI=1S/C24H20N8O/c1-14-4-7-20(29-28-14)17-5-8-22-21(11-17)26-13-31(22)23-9-6-19(16(3)33)24(27-23)32-15(2)10-18(12-25)30-32/h4-11,13,16,33H,1-3H3. The molecular formula is C24H20N8O. The quantitative estimate of drug-likeness (QED) is 0.457. The molecule has 0 spiro atoms. The van der Waals surface area contributed by atoms with Crippen LogP contribution in [0.4, 0.5) is 0 Å². The van der Waals surface area contributed by atoms with Gasteiger partial charge in [0.1, 0.15) is 18.2 Å². The highest BCUT2D eigenvalue weighted by molar-refractivity contribution is 5.82. The fourth-order valence-electron chi connectivity index (χ4n) is 3.73. The molecule has 1 aromatic carbocycles. The van der Waals surface area contributed by atoms with Crippen molar-refractivity contribution in [3.8, 4) is 29.0 Å². The summed E-state index contributed by atoms with van der Waals surface area (Å²) in [6.07, 6.45) is 0.952. The number of benzene rings is 1. The average Bonchev–Trinajstić information content (AvgIpc) is 3.41. The zero-order chi connectivity index (χ0) is 23.1. The molecule has 1 N–H and O–H groups in total. The molecule has 4 aromatic heterocycles. The monoisotopic (exact) mass is 436 g/mol. The molecule has 5 aromatic rings. The van der Waals surface area contributed by atoms with Crippen LogP contribution in [-0.4, -0.2) is 39.6 Å². The van der Waals surface area contributed by atoms with E-state index in [0.717, 1.165) is 33.7 Å². The number of rotatable bonds is 4. The lowest BCUT2D eigenvalue weighted by molar-refractivity contribution is 0.198. The van der Waals surface area contributed by atoms with Crippen molar-refractivity contribution in [3.05, 3.63) is 77.5 Å². The van der Waals surface area contributed by atoms with Gasteiger partial charge in [0.15, 0.2) is 11.5 Å². The lowest BCUT2D eigenvalue weighted by Gasteiger charge is -2.14. The van der Waals surface area contributed by atoms with E-state index >= 15 is 0 Å². The maximum Gasteiger partial charge on any atom is 0.163 e. The Hall–Kier alpha value is -4.42. The molecule has 33 heavy (non-hydrogen) atoms. The highest BCUT2D eigenvalue weighted by atomic mass is 16.3. The van der Waals surface area contributed by atoms with Gasteiger partial charge < -0.3 is 5.11 Å². The first kappa shape index (κ1) is 20.5. The second kappa shape index (κ2) is 7.93. The second-order valence-corrected chi connectivity index (χ2v) is 7.83.